The molecule has 228 valence electrons. The van der Waals surface area contributed by atoms with Crippen LogP contribution >= 0.6 is 11.6 Å². The van der Waals surface area contributed by atoms with Crippen LogP contribution in [0.15, 0.2) is 79.4 Å². The van der Waals surface area contributed by atoms with E-state index in [0.29, 0.717) is 37.1 Å². The Labute approximate surface area is 253 Å². The van der Waals surface area contributed by atoms with Crippen LogP contribution in [-0.2, 0) is 9.53 Å². The minimum absolute atomic E-state index is 0.0440. The fourth-order valence-electron chi connectivity index (χ4n) is 5.60. The molecule has 2 aliphatic rings. The van der Waals surface area contributed by atoms with E-state index in [-0.39, 0.29) is 48.1 Å². The predicted molar refractivity (Wildman–Crippen MR) is 157 cm³/mol. The molecule has 2 aliphatic heterocycles. The summed E-state index contributed by atoms with van der Waals surface area (Å²) in [5.41, 5.74) is 0.951. The van der Waals surface area contributed by atoms with Crippen LogP contribution in [0.1, 0.15) is 41.6 Å². The Morgan fingerprint density at radius 2 is 1.70 bits per heavy atom. The molecule has 11 heteroatoms. The van der Waals surface area contributed by atoms with Crippen LogP contribution in [0.4, 0.5) is 18.0 Å². The second-order valence-electron chi connectivity index (χ2n) is 10.6. The van der Waals surface area contributed by atoms with E-state index in [9.17, 15) is 27.6 Å². The number of carbonyl (C=O) groups is 3. The van der Waals surface area contributed by atoms with Gasteiger partial charge in [-0.1, -0.05) is 30.8 Å². The van der Waals surface area contributed by atoms with Crippen LogP contribution in [0, 0.1) is 17.6 Å². The fraction of sp³-hybridized carbons (Fsp3) is 0.344. The van der Waals surface area contributed by atoms with Crippen molar-refractivity contribution in [2.45, 2.75) is 31.7 Å². The lowest BCUT2D eigenvalue weighted by Crippen LogP contribution is -2.46. The Morgan fingerprint density at radius 1 is 1.02 bits per heavy atom. The zero-order chi connectivity index (χ0) is 31.3. The van der Waals surface area contributed by atoms with E-state index in [1.165, 1.54) is 47.4 Å². The van der Waals surface area contributed by atoms with Gasteiger partial charge in [0.2, 0.25) is 5.91 Å². The van der Waals surface area contributed by atoms with Gasteiger partial charge in [-0.15, -0.1) is 0 Å². The number of ether oxygens (including phenoxy) is 1. The number of benzene rings is 2. The molecule has 4 rings (SSSR count). The molecule has 0 spiro atoms. The summed E-state index contributed by atoms with van der Waals surface area (Å²) in [4.78, 5) is 44.5. The molecule has 0 saturated carbocycles. The van der Waals surface area contributed by atoms with Gasteiger partial charge in [0, 0.05) is 50.1 Å². The summed E-state index contributed by atoms with van der Waals surface area (Å²) in [6.45, 7) is 9.83. The third kappa shape index (κ3) is 7.67. The van der Waals surface area contributed by atoms with Gasteiger partial charge in [-0.2, -0.15) is 0 Å². The second-order valence-corrected chi connectivity index (χ2v) is 11.0. The van der Waals surface area contributed by atoms with Gasteiger partial charge in [0.25, 0.3) is 5.91 Å². The SMILES string of the molecule is C=C(F)/C=C\C(=C)OC(=O)N(CC)[C@@H]1CN(C(=O)C2CCN(C(=O)c3ccc(F)cc3)CC2)C[C@H]1c1ccc(Cl)c(F)c1. The summed E-state index contributed by atoms with van der Waals surface area (Å²) in [5.74, 6) is -3.00. The van der Waals surface area contributed by atoms with Crippen LogP contribution in [-0.4, -0.2) is 71.4 Å². The molecule has 2 saturated heterocycles. The van der Waals surface area contributed by atoms with Gasteiger partial charge in [0.15, 0.2) is 0 Å². The summed E-state index contributed by atoms with van der Waals surface area (Å²) in [6.07, 6.45) is 2.34. The molecular weight excluding hydrogens is 583 g/mol. The highest BCUT2D eigenvalue weighted by Crippen LogP contribution is 2.35. The number of amides is 3. The van der Waals surface area contributed by atoms with Crippen molar-refractivity contribution in [3.8, 4) is 0 Å². The number of rotatable bonds is 8. The van der Waals surface area contributed by atoms with Crippen LogP contribution in [0.5, 0.6) is 0 Å². The van der Waals surface area contributed by atoms with Gasteiger partial charge in [0.1, 0.15) is 23.2 Å². The van der Waals surface area contributed by atoms with E-state index in [1.807, 2.05) is 0 Å². The first-order valence-corrected chi connectivity index (χ1v) is 14.3. The first kappa shape index (κ1) is 31.9. The third-order valence-electron chi connectivity index (χ3n) is 7.84. The van der Waals surface area contributed by atoms with Crippen molar-refractivity contribution in [1.29, 1.82) is 0 Å². The molecule has 0 aromatic heterocycles. The molecule has 43 heavy (non-hydrogen) atoms. The minimum Gasteiger partial charge on any atom is -0.411 e. The minimum atomic E-state index is -0.743. The maximum absolute atomic E-state index is 14.5. The van der Waals surface area contributed by atoms with Crippen molar-refractivity contribution in [2.75, 3.05) is 32.7 Å². The zero-order valence-corrected chi connectivity index (χ0v) is 24.5. The van der Waals surface area contributed by atoms with Crippen LogP contribution in [0.2, 0.25) is 5.02 Å². The van der Waals surface area contributed by atoms with Crippen molar-refractivity contribution in [3.05, 3.63) is 107 Å². The standard InChI is InChI=1S/C32H33ClF3N3O4/c1-4-39(32(42)43-21(3)6-5-20(2)34)29-19-38(18-26(29)24-9-12-27(33)28(36)17-24)31(41)23-13-15-37(16-14-23)30(40)22-7-10-25(35)11-8-22/h5-12,17,23,26,29H,2-4,13-16,18-19H2,1H3/b6-5-/t26-,29+/m0/s1. The van der Waals surface area contributed by atoms with Gasteiger partial charge >= 0.3 is 6.09 Å². The lowest BCUT2D eigenvalue weighted by atomic mass is 9.93. The number of halogens is 4. The highest BCUT2D eigenvalue weighted by molar-refractivity contribution is 6.30. The second kappa shape index (κ2) is 13.9. The summed E-state index contributed by atoms with van der Waals surface area (Å²) in [7, 11) is 0. The average Bonchev–Trinajstić information content (AvgIpc) is 3.42. The molecule has 0 aliphatic carbocycles. The maximum atomic E-state index is 14.5. The number of nitrogens with zero attached hydrogens (tertiary/aromatic N) is 3. The summed E-state index contributed by atoms with van der Waals surface area (Å²) < 4.78 is 46.1. The molecule has 3 amide bonds. The molecule has 2 aromatic rings. The number of hydrogen-bond donors (Lipinski definition) is 0. The highest BCUT2D eigenvalue weighted by atomic mass is 35.5. The van der Waals surface area contributed by atoms with E-state index in [0.717, 1.165) is 6.08 Å². The number of carbonyl (C=O) groups excluding carboxylic acids is 3. The lowest BCUT2D eigenvalue weighted by Gasteiger charge is -2.33. The number of hydrogen-bond acceptors (Lipinski definition) is 4. The number of likely N-dealkylation sites (tertiary alicyclic amines) is 2. The smallest absolute Gasteiger partial charge is 0.411 e. The van der Waals surface area contributed by atoms with Gasteiger partial charge in [-0.3, -0.25) is 9.59 Å². The normalized spacial score (nSPS) is 19.0. The number of piperidine rings is 1. The Morgan fingerprint density at radius 3 is 2.30 bits per heavy atom. The number of likely N-dealkylation sites (N-methyl/N-ethyl adjacent to an activating group) is 1. The summed E-state index contributed by atoms with van der Waals surface area (Å²) in [5, 5.41) is -0.0440. The van der Waals surface area contributed by atoms with Gasteiger partial charge < -0.3 is 19.4 Å². The first-order chi connectivity index (χ1) is 20.5. The topological polar surface area (TPSA) is 70.2 Å². The molecule has 0 unspecified atom stereocenters. The molecule has 7 nitrogen and oxygen atoms in total. The van der Waals surface area contributed by atoms with E-state index in [4.69, 9.17) is 16.3 Å². The van der Waals surface area contributed by atoms with E-state index < -0.39 is 35.5 Å². The molecule has 0 N–H and O–H groups in total. The zero-order valence-electron chi connectivity index (χ0n) is 23.8. The van der Waals surface area contributed by atoms with Gasteiger partial charge in [-0.25, -0.2) is 18.0 Å². The molecular formula is C32H33ClF3N3O4. The molecule has 2 aromatic carbocycles. The molecule has 2 heterocycles. The van der Waals surface area contributed by atoms with Crippen LogP contribution in [0.25, 0.3) is 0 Å². The Hall–Kier alpha value is -4.05. The van der Waals surface area contributed by atoms with Crippen molar-refractivity contribution in [1.82, 2.24) is 14.7 Å². The van der Waals surface area contributed by atoms with Gasteiger partial charge in [-0.05, 0) is 73.9 Å². The molecule has 0 bridgehead atoms. The van der Waals surface area contributed by atoms with Crippen molar-refractivity contribution >= 4 is 29.5 Å². The van der Waals surface area contributed by atoms with E-state index in [1.54, 1.807) is 22.8 Å². The van der Waals surface area contributed by atoms with Gasteiger partial charge in [0.05, 0.1) is 11.1 Å². The lowest BCUT2D eigenvalue weighted by molar-refractivity contribution is -0.136. The summed E-state index contributed by atoms with van der Waals surface area (Å²) >= 11 is 5.92. The quantitative estimate of drug-likeness (QED) is 0.252. The largest absolute Gasteiger partial charge is 0.415 e. The Balaban J connectivity index is 1.49. The molecule has 0 radical (unpaired) electrons. The number of allylic oxidation sites excluding steroid dienone is 3. The predicted octanol–water partition coefficient (Wildman–Crippen LogP) is 6.48. The fourth-order valence-corrected chi connectivity index (χ4v) is 5.72. The highest BCUT2D eigenvalue weighted by Gasteiger charge is 2.43. The summed E-state index contributed by atoms with van der Waals surface area (Å²) in [6, 6.07) is 9.20. The van der Waals surface area contributed by atoms with Crippen molar-refractivity contribution in [3.63, 3.8) is 0 Å². The Kier molecular flexibility index (Phi) is 10.3. The van der Waals surface area contributed by atoms with E-state index in [2.05, 4.69) is 13.2 Å². The average molecular weight is 616 g/mol. The van der Waals surface area contributed by atoms with Crippen molar-refractivity contribution < 1.29 is 32.3 Å². The van der Waals surface area contributed by atoms with Crippen molar-refractivity contribution in [2.24, 2.45) is 5.92 Å². The molecule has 2 fully saturated rings. The van der Waals surface area contributed by atoms with Crippen LogP contribution < -0.4 is 0 Å². The van der Waals surface area contributed by atoms with Crippen LogP contribution in [0.3, 0.4) is 0 Å². The third-order valence-corrected chi connectivity index (χ3v) is 8.15. The maximum Gasteiger partial charge on any atom is 0.415 e. The molecule has 2 atom stereocenters. The first-order valence-electron chi connectivity index (χ1n) is 14.0. The Bertz CT molecular complexity index is 1420. The van der Waals surface area contributed by atoms with E-state index >= 15 is 0 Å². The monoisotopic (exact) mass is 615 g/mol.